The minimum absolute atomic E-state index is 0.0208. The number of carbonyl (C=O) groups is 1. The maximum Gasteiger partial charge on any atom is 0.276 e. The highest BCUT2D eigenvalue weighted by molar-refractivity contribution is 5.92. The minimum atomic E-state index is -0.253. The summed E-state index contributed by atoms with van der Waals surface area (Å²) < 4.78 is 11.1. The van der Waals surface area contributed by atoms with E-state index in [1.165, 1.54) is 12.7 Å². The lowest BCUT2D eigenvalue weighted by atomic mass is 9.87. The second-order valence-corrected chi connectivity index (χ2v) is 10.2. The van der Waals surface area contributed by atoms with Gasteiger partial charge in [-0.1, -0.05) is 27.7 Å². The number of nitrogen functional groups attached to an aromatic ring is 1. The smallest absolute Gasteiger partial charge is 0.276 e. The second kappa shape index (κ2) is 8.39. The SMILES string of the molecule is CC(C)c1nc(N2CCN(C(=O)c3cocn3)[C@H](C(C)C)C2)c(N)c2c1COC(C)(C)C2. The van der Waals surface area contributed by atoms with Gasteiger partial charge in [-0.25, -0.2) is 9.97 Å². The van der Waals surface area contributed by atoms with Crippen LogP contribution in [0.3, 0.4) is 0 Å². The van der Waals surface area contributed by atoms with Crippen LogP contribution in [0.2, 0.25) is 0 Å². The summed E-state index contributed by atoms with van der Waals surface area (Å²) in [5.74, 6) is 1.28. The summed E-state index contributed by atoms with van der Waals surface area (Å²) >= 11 is 0. The Morgan fingerprint density at radius 3 is 2.59 bits per heavy atom. The van der Waals surface area contributed by atoms with Crippen molar-refractivity contribution in [3.8, 4) is 0 Å². The Morgan fingerprint density at radius 2 is 1.97 bits per heavy atom. The molecule has 0 radical (unpaired) electrons. The van der Waals surface area contributed by atoms with Crippen molar-refractivity contribution in [2.45, 2.75) is 72.1 Å². The third-order valence-corrected chi connectivity index (χ3v) is 6.62. The number of anilines is 2. The van der Waals surface area contributed by atoms with Gasteiger partial charge in [0.05, 0.1) is 29.6 Å². The topological polar surface area (TPSA) is 97.7 Å². The first-order chi connectivity index (χ1) is 15.1. The number of pyridine rings is 1. The van der Waals surface area contributed by atoms with E-state index in [0.29, 0.717) is 31.9 Å². The van der Waals surface area contributed by atoms with E-state index in [1.54, 1.807) is 0 Å². The summed E-state index contributed by atoms with van der Waals surface area (Å²) in [7, 11) is 0. The predicted molar refractivity (Wildman–Crippen MR) is 124 cm³/mol. The van der Waals surface area contributed by atoms with E-state index in [1.807, 2.05) is 4.90 Å². The first-order valence-corrected chi connectivity index (χ1v) is 11.5. The molecule has 2 aromatic rings. The number of carbonyl (C=O) groups excluding carboxylic acids is 1. The average molecular weight is 442 g/mol. The van der Waals surface area contributed by atoms with Gasteiger partial charge in [-0.3, -0.25) is 4.79 Å². The molecule has 32 heavy (non-hydrogen) atoms. The lowest BCUT2D eigenvalue weighted by Gasteiger charge is -2.44. The monoisotopic (exact) mass is 441 g/mol. The first kappa shape index (κ1) is 22.6. The van der Waals surface area contributed by atoms with Crippen LogP contribution in [0.1, 0.15) is 74.8 Å². The molecule has 0 saturated carbocycles. The molecule has 1 saturated heterocycles. The summed E-state index contributed by atoms with van der Waals surface area (Å²) in [4.78, 5) is 26.3. The average Bonchev–Trinajstić information content (AvgIpc) is 3.27. The second-order valence-electron chi connectivity index (χ2n) is 10.2. The molecule has 0 aromatic carbocycles. The molecule has 174 valence electrons. The number of nitrogens with two attached hydrogens (primary N) is 1. The normalized spacial score (nSPS) is 20.7. The summed E-state index contributed by atoms with van der Waals surface area (Å²) in [6.07, 6.45) is 3.47. The zero-order valence-corrected chi connectivity index (χ0v) is 20.0. The van der Waals surface area contributed by atoms with Crippen LogP contribution in [-0.2, 0) is 17.8 Å². The van der Waals surface area contributed by atoms with Crippen molar-refractivity contribution in [2.24, 2.45) is 5.92 Å². The third kappa shape index (κ3) is 4.08. The largest absolute Gasteiger partial charge is 0.451 e. The molecule has 0 spiro atoms. The zero-order valence-electron chi connectivity index (χ0n) is 20.0. The van der Waals surface area contributed by atoms with Crippen molar-refractivity contribution < 1.29 is 13.9 Å². The number of ether oxygens (including phenoxy) is 1. The number of piperazine rings is 1. The Hall–Kier alpha value is -2.61. The molecule has 2 aliphatic heterocycles. The number of hydrogen-bond acceptors (Lipinski definition) is 7. The highest BCUT2D eigenvalue weighted by Crippen LogP contribution is 2.40. The summed E-state index contributed by atoms with van der Waals surface area (Å²) in [6.45, 7) is 15.3. The van der Waals surface area contributed by atoms with E-state index in [-0.39, 0.29) is 29.4 Å². The van der Waals surface area contributed by atoms with Crippen molar-refractivity contribution in [1.29, 1.82) is 0 Å². The lowest BCUT2D eigenvalue weighted by Crippen LogP contribution is -2.57. The minimum Gasteiger partial charge on any atom is -0.451 e. The van der Waals surface area contributed by atoms with Crippen LogP contribution in [0.15, 0.2) is 17.1 Å². The molecule has 1 atom stereocenters. The summed E-state index contributed by atoms with van der Waals surface area (Å²) in [5.41, 5.74) is 11.0. The molecule has 1 fully saturated rings. The molecule has 2 aliphatic rings. The van der Waals surface area contributed by atoms with Crippen molar-refractivity contribution in [2.75, 3.05) is 30.3 Å². The highest BCUT2D eigenvalue weighted by Gasteiger charge is 2.37. The fourth-order valence-electron chi connectivity index (χ4n) is 4.81. The number of hydrogen-bond donors (Lipinski definition) is 1. The number of aromatic nitrogens is 2. The third-order valence-electron chi connectivity index (χ3n) is 6.62. The Labute approximate surface area is 190 Å². The number of amides is 1. The van der Waals surface area contributed by atoms with E-state index >= 15 is 0 Å². The van der Waals surface area contributed by atoms with E-state index in [0.717, 1.165) is 34.7 Å². The quantitative estimate of drug-likeness (QED) is 0.774. The van der Waals surface area contributed by atoms with Crippen LogP contribution in [0.25, 0.3) is 0 Å². The van der Waals surface area contributed by atoms with Gasteiger partial charge in [0, 0.05) is 31.6 Å². The molecule has 1 amide bonds. The van der Waals surface area contributed by atoms with Crippen LogP contribution in [0.4, 0.5) is 11.5 Å². The summed E-state index contributed by atoms with van der Waals surface area (Å²) in [5, 5.41) is 0. The molecule has 8 nitrogen and oxygen atoms in total. The Kier molecular flexibility index (Phi) is 5.92. The standard InChI is InChI=1S/C24H35N5O3/c1-14(2)19-10-28(7-8-29(19)23(30)18-12-31-13-26-18)22-20(25)16-9-24(5,6)32-11-17(16)21(27-22)15(3)4/h12-15,19H,7-11,25H2,1-6H3/t19-/m0/s1. The maximum atomic E-state index is 13.0. The maximum absolute atomic E-state index is 13.0. The molecule has 0 unspecified atom stereocenters. The molecule has 8 heteroatoms. The zero-order chi connectivity index (χ0) is 23.2. The van der Waals surface area contributed by atoms with E-state index in [9.17, 15) is 4.79 Å². The molecule has 2 N–H and O–H groups in total. The van der Waals surface area contributed by atoms with Crippen molar-refractivity contribution >= 4 is 17.4 Å². The predicted octanol–water partition coefficient (Wildman–Crippen LogP) is 3.61. The van der Waals surface area contributed by atoms with Crippen LogP contribution >= 0.6 is 0 Å². The van der Waals surface area contributed by atoms with Gasteiger partial charge < -0.3 is 24.7 Å². The Bertz CT molecular complexity index is 984. The van der Waals surface area contributed by atoms with Gasteiger partial charge in [0.2, 0.25) is 0 Å². The molecule has 4 heterocycles. The van der Waals surface area contributed by atoms with Crippen molar-refractivity contribution in [1.82, 2.24) is 14.9 Å². The first-order valence-electron chi connectivity index (χ1n) is 11.5. The number of fused-ring (bicyclic) bond motifs is 1. The van der Waals surface area contributed by atoms with Gasteiger partial charge in [0.25, 0.3) is 5.91 Å². The lowest BCUT2D eigenvalue weighted by molar-refractivity contribution is -0.0405. The summed E-state index contributed by atoms with van der Waals surface area (Å²) in [6, 6.07) is 0.0208. The van der Waals surface area contributed by atoms with Gasteiger partial charge in [-0.15, -0.1) is 0 Å². The van der Waals surface area contributed by atoms with Crippen LogP contribution in [0.5, 0.6) is 0 Å². The molecule has 2 aromatic heterocycles. The molecular weight excluding hydrogens is 406 g/mol. The van der Waals surface area contributed by atoms with Crippen molar-refractivity contribution in [3.63, 3.8) is 0 Å². The highest BCUT2D eigenvalue weighted by atomic mass is 16.5. The molecular formula is C24H35N5O3. The van der Waals surface area contributed by atoms with Crippen LogP contribution in [-0.4, -0.2) is 52.1 Å². The molecule has 0 bridgehead atoms. The molecule has 4 rings (SSSR count). The van der Waals surface area contributed by atoms with E-state index in [2.05, 4.69) is 51.4 Å². The van der Waals surface area contributed by atoms with E-state index in [4.69, 9.17) is 19.9 Å². The number of oxazole rings is 1. The van der Waals surface area contributed by atoms with Gasteiger partial charge in [0.1, 0.15) is 6.26 Å². The van der Waals surface area contributed by atoms with Crippen LogP contribution in [0, 0.1) is 5.92 Å². The van der Waals surface area contributed by atoms with Gasteiger partial charge >= 0.3 is 0 Å². The fourth-order valence-corrected chi connectivity index (χ4v) is 4.81. The number of nitrogens with zero attached hydrogens (tertiary/aromatic N) is 4. The Balaban J connectivity index is 1.68. The molecule has 0 aliphatic carbocycles. The van der Waals surface area contributed by atoms with Crippen molar-refractivity contribution in [3.05, 3.63) is 35.2 Å². The fraction of sp³-hybridized carbons (Fsp3) is 0.625. The van der Waals surface area contributed by atoms with Gasteiger partial charge in [-0.05, 0) is 31.2 Å². The van der Waals surface area contributed by atoms with Gasteiger partial charge in [0.15, 0.2) is 17.9 Å². The number of rotatable bonds is 4. The van der Waals surface area contributed by atoms with Crippen LogP contribution < -0.4 is 10.6 Å². The Morgan fingerprint density at radius 1 is 1.22 bits per heavy atom. The van der Waals surface area contributed by atoms with E-state index < -0.39 is 0 Å². The van der Waals surface area contributed by atoms with Gasteiger partial charge in [-0.2, -0.15) is 0 Å².